The normalized spacial score (nSPS) is 10.9. The number of carbonyl (C=O) groups excluding carboxylic acids is 1. The summed E-state index contributed by atoms with van der Waals surface area (Å²) in [6, 6.07) is 13.7. The lowest BCUT2D eigenvalue weighted by Crippen LogP contribution is -2.14. The first-order valence-electron chi connectivity index (χ1n) is 9.87. The maximum Gasteiger partial charge on any atom is 0.261 e. The van der Waals surface area contributed by atoms with Gasteiger partial charge < -0.3 is 0 Å². The Morgan fingerprint density at radius 3 is 2.66 bits per heavy atom. The van der Waals surface area contributed by atoms with Gasteiger partial charge in [-0.15, -0.1) is 0 Å². The van der Waals surface area contributed by atoms with Gasteiger partial charge in [0.05, 0.1) is 23.1 Å². The minimum Gasteiger partial charge on any atom is -0.298 e. The first kappa shape index (κ1) is 21.3. The van der Waals surface area contributed by atoms with E-state index in [-0.39, 0.29) is 22.3 Å². The molecule has 0 fully saturated rings. The lowest BCUT2D eigenvalue weighted by molar-refractivity contribution is 0.102. The van der Waals surface area contributed by atoms with E-state index in [1.165, 1.54) is 12.3 Å². The van der Waals surface area contributed by atoms with Crippen molar-refractivity contribution in [2.45, 2.75) is 26.8 Å². The quantitative estimate of drug-likeness (QED) is 0.453. The van der Waals surface area contributed by atoms with Crippen LogP contribution in [0.1, 0.15) is 40.8 Å². The van der Waals surface area contributed by atoms with Gasteiger partial charge in [-0.05, 0) is 45.0 Å². The number of benzene rings is 1. The molecular formula is C23H19FN6OS. The van der Waals surface area contributed by atoms with Crippen molar-refractivity contribution in [2.24, 2.45) is 0 Å². The number of amides is 1. The van der Waals surface area contributed by atoms with E-state index in [1.807, 2.05) is 32.9 Å². The maximum absolute atomic E-state index is 14.6. The van der Waals surface area contributed by atoms with E-state index in [0.717, 1.165) is 17.0 Å². The third-order valence-electron chi connectivity index (χ3n) is 4.74. The van der Waals surface area contributed by atoms with E-state index in [2.05, 4.69) is 26.5 Å². The van der Waals surface area contributed by atoms with Crippen molar-refractivity contribution >= 4 is 22.4 Å². The van der Waals surface area contributed by atoms with Crippen LogP contribution in [0.3, 0.4) is 0 Å². The zero-order chi connectivity index (χ0) is 22.8. The molecule has 9 heteroatoms. The largest absolute Gasteiger partial charge is 0.298 e. The number of hydrogen-bond donors (Lipinski definition) is 1. The first-order valence-corrected chi connectivity index (χ1v) is 10.7. The highest BCUT2D eigenvalue weighted by atomic mass is 32.1. The van der Waals surface area contributed by atoms with Crippen LogP contribution in [0.15, 0.2) is 48.7 Å². The molecule has 4 aromatic rings. The highest BCUT2D eigenvalue weighted by Crippen LogP contribution is 2.32. The first-order chi connectivity index (χ1) is 15.4. The van der Waals surface area contributed by atoms with Gasteiger partial charge in [0.15, 0.2) is 5.13 Å². The summed E-state index contributed by atoms with van der Waals surface area (Å²) in [4.78, 5) is 22.3. The molecule has 0 saturated carbocycles. The summed E-state index contributed by atoms with van der Waals surface area (Å²) < 4.78 is 16.2. The fourth-order valence-corrected chi connectivity index (χ4v) is 4.07. The van der Waals surface area contributed by atoms with Crippen molar-refractivity contribution in [1.82, 2.24) is 19.7 Å². The van der Waals surface area contributed by atoms with E-state index in [1.54, 1.807) is 28.9 Å². The van der Waals surface area contributed by atoms with E-state index >= 15 is 0 Å². The Labute approximate surface area is 188 Å². The van der Waals surface area contributed by atoms with Crippen LogP contribution in [-0.2, 0) is 0 Å². The average Bonchev–Trinajstić information content (AvgIpc) is 3.38. The summed E-state index contributed by atoms with van der Waals surface area (Å²) in [5.74, 6) is -0.935. The topological polar surface area (TPSA) is 96.5 Å². The number of nitriles is 1. The van der Waals surface area contributed by atoms with Crippen molar-refractivity contribution in [3.63, 3.8) is 0 Å². The van der Waals surface area contributed by atoms with Crippen LogP contribution in [0.5, 0.6) is 0 Å². The third kappa shape index (κ3) is 4.00. The van der Waals surface area contributed by atoms with Crippen LogP contribution in [-0.4, -0.2) is 25.7 Å². The van der Waals surface area contributed by atoms with Gasteiger partial charge in [0.25, 0.3) is 5.91 Å². The second kappa shape index (κ2) is 8.69. The molecule has 3 heterocycles. The van der Waals surface area contributed by atoms with Gasteiger partial charge in [0, 0.05) is 17.3 Å². The molecule has 0 bridgehead atoms. The molecule has 0 aliphatic carbocycles. The number of aromatic nitrogens is 4. The van der Waals surface area contributed by atoms with Gasteiger partial charge in [-0.2, -0.15) is 10.4 Å². The lowest BCUT2D eigenvalue weighted by atomic mass is 10.1. The Bertz CT molecular complexity index is 1350. The highest BCUT2D eigenvalue weighted by Gasteiger charge is 2.24. The van der Waals surface area contributed by atoms with Crippen LogP contribution in [0.2, 0.25) is 0 Å². The zero-order valence-electron chi connectivity index (χ0n) is 17.6. The average molecular weight is 447 g/mol. The molecule has 32 heavy (non-hydrogen) atoms. The SMILES string of the molecule is Cc1cccc(-c2nc(NC(=O)c3cnn(C(C)C)c3-c3ccccc3F)sc2C#N)n1. The molecule has 0 aliphatic heterocycles. The minimum atomic E-state index is -0.489. The number of nitrogens with zero attached hydrogens (tertiary/aromatic N) is 5. The monoisotopic (exact) mass is 446 g/mol. The van der Waals surface area contributed by atoms with Crippen molar-refractivity contribution < 1.29 is 9.18 Å². The third-order valence-corrected chi connectivity index (χ3v) is 5.61. The molecular weight excluding hydrogens is 427 g/mol. The minimum absolute atomic E-state index is 0.0878. The van der Waals surface area contributed by atoms with Crippen molar-refractivity contribution in [3.8, 4) is 28.7 Å². The van der Waals surface area contributed by atoms with Gasteiger partial charge in [-0.3, -0.25) is 19.8 Å². The number of rotatable bonds is 5. The summed E-state index contributed by atoms with van der Waals surface area (Å²) in [7, 11) is 0. The van der Waals surface area contributed by atoms with Crippen LogP contribution in [0.25, 0.3) is 22.6 Å². The number of carbonyl (C=O) groups is 1. The predicted molar refractivity (Wildman–Crippen MR) is 121 cm³/mol. The number of nitrogens with one attached hydrogen (secondary N) is 1. The van der Waals surface area contributed by atoms with Gasteiger partial charge >= 0.3 is 0 Å². The summed E-state index contributed by atoms with van der Waals surface area (Å²) in [5.41, 5.74) is 2.63. The molecule has 0 atom stereocenters. The number of pyridine rings is 1. The van der Waals surface area contributed by atoms with Gasteiger partial charge in [0.1, 0.15) is 22.5 Å². The maximum atomic E-state index is 14.6. The molecule has 3 aromatic heterocycles. The Morgan fingerprint density at radius 2 is 1.97 bits per heavy atom. The summed E-state index contributed by atoms with van der Waals surface area (Å²) in [5, 5.41) is 16.8. The number of aryl methyl sites for hydroxylation is 1. The molecule has 0 aliphatic rings. The van der Waals surface area contributed by atoms with E-state index in [0.29, 0.717) is 22.0 Å². The molecule has 0 unspecified atom stereocenters. The van der Waals surface area contributed by atoms with Crippen LogP contribution >= 0.6 is 11.3 Å². The van der Waals surface area contributed by atoms with Crippen LogP contribution in [0, 0.1) is 24.1 Å². The van der Waals surface area contributed by atoms with E-state index in [9.17, 15) is 14.4 Å². The van der Waals surface area contributed by atoms with Crippen LogP contribution in [0.4, 0.5) is 9.52 Å². The summed E-state index contributed by atoms with van der Waals surface area (Å²) in [6.45, 7) is 5.65. The van der Waals surface area contributed by atoms with Gasteiger partial charge in [0.2, 0.25) is 0 Å². The lowest BCUT2D eigenvalue weighted by Gasteiger charge is -2.13. The number of hydrogen-bond acceptors (Lipinski definition) is 6. The predicted octanol–water partition coefficient (Wildman–Crippen LogP) is 5.22. The Kier molecular flexibility index (Phi) is 5.79. The van der Waals surface area contributed by atoms with E-state index in [4.69, 9.17) is 0 Å². The second-order valence-electron chi connectivity index (χ2n) is 7.35. The van der Waals surface area contributed by atoms with Crippen molar-refractivity contribution in [1.29, 1.82) is 5.26 Å². The summed E-state index contributed by atoms with van der Waals surface area (Å²) in [6.07, 6.45) is 1.42. The molecule has 1 aromatic carbocycles. The molecule has 0 radical (unpaired) electrons. The fraction of sp³-hybridized carbons (Fsp3) is 0.174. The molecule has 0 saturated heterocycles. The number of anilines is 1. The molecule has 4 rings (SSSR count). The van der Waals surface area contributed by atoms with E-state index < -0.39 is 11.7 Å². The van der Waals surface area contributed by atoms with Gasteiger partial charge in [-0.1, -0.05) is 29.5 Å². The standard InChI is InChI=1S/C23H19FN6OS/c1-13(2)30-21(15-8-4-5-9-17(15)24)16(12-26-30)22(31)29-23-28-20(19(11-25)32-23)18-10-6-7-14(3)27-18/h4-10,12-13H,1-3H3,(H,28,29,31). The molecule has 7 nitrogen and oxygen atoms in total. The van der Waals surface area contributed by atoms with Crippen LogP contribution < -0.4 is 5.32 Å². The van der Waals surface area contributed by atoms with Gasteiger partial charge in [-0.25, -0.2) is 9.37 Å². The second-order valence-corrected chi connectivity index (χ2v) is 8.35. The smallest absolute Gasteiger partial charge is 0.261 e. The Morgan fingerprint density at radius 1 is 1.19 bits per heavy atom. The number of thiazole rings is 1. The summed E-state index contributed by atoms with van der Waals surface area (Å²) >= 11 is 1.06. The van der Waals surface area contributed by atoms with Crippen molar-refractivity contribution in [3.05, 3.63) is 70.6 Å². The Hall–Kier alpha value is -3.90. The molecule has 1 N–H and O–H groups in total. The molecule has 1 amide bonds. The number of halogens is 1. The highest BCUT2D eigenvalue weighted by molar-refractivity contribution is 7.16. The Balaban J connectivity index is 1.72. The molecule has 160 valence electrons. The molecule has 0 spiro atoms. The fourth-order valence-electron chi connectivity index (χ4n) is 3.30. The zero-order valence-corrected chi connectivity index (χ0v) is 18.4. The van der Waals surface area contributed by atoms with Crippen molar-refractivity contribution in [2.75, 3.05) is 5.32 Å².